The van der Waals surface area contributed by atoms with Crippen LogP contribution in [0.25, 0.3) is 10.1 Å². The molecule has 62 valence electrons. The Morgan fingerprint density at radius 2 is 2.25 bits per heavy atom. The highest BCUT2D eigenvalue weighted by molar-refractivity contribution is 14.1. The zero-order valence-corrected chi connectivity index (χ0v) is 10.3. The Hall–Kier alpha value is 0.320. The van der Waals surface area contributed by atoms with Crippen LogP contribution in [-0.2, 0) is 0 Å². The van der Waals surface area contributed by atoms with E-state index in [0.717, 1.165) is 13.7 Å². The first-order chi connectivity index (χ1) is 5.70. The van der Waals surface area contributed by atoms with E-state index in [1.165, 1.54) is 0 Å². The van der Waals surface area contributed by atoms with Crippen molar-refractivity contribution in [1.82, 2.24) is 0 Å². The van der Waals surface area contributed by atoms with Gasteiger partial charge in [-0.15, -0.1) is 11.3 Å². The Bertz CT molecular complexity index is 438. The van der Waals surface area contributed by atoms with Crippen molar-refractivity contribution in [3.8, 4) is 0 Å². The van der Waals surface area contributed by atoms with Crippen LogP contribution in [0.1, 0.15) is 0 Å². The Labute approximate surface area is 95.0 Å². The van der Waals surface area contributed by atoms with Crippen molar-refractivity contribution in [2.75, 3.05) is 0 Å². The largest absolute Gasteiger partial charge is 0.206 e. The molecule has 2 rings (SSSR count). The fraction of sp³-hybridized carbons (Fsp3) is 0. The first kappa shape index (κ1) is 8.90. The molecule has 1 aromatic heterocycles. The van der Waals surface area contributed by atoms with E-state index in [1.807, 2.05) is 11.4 Å². The monoisotopic (exact) mass is 356 g/mol. The van der Waals surface area contributed by atoms with Gasteiger partial charge in [0.25, 0.3) is 0 Å². The Balaban J connectivity index is 2.94. The predicted octanol–water partition coefficient (Wildman–Crippen LogP) is 4.41. The molecule has 2 aromatic rings. The highest BCUT2D eigenvalue weighted by atomic mass is 127. The molecule has 0 saturated heterocycles. The molecule has 0 saturated carbocycles. The normalized spacial score (nSPS) is 10.9. The van der Waals surface area contributed by atoms with E-state index in [1.54, 1.807) is 17.4 Å². The summed E-state index contributed by atoms with van der Waals surface area (Å²) in [5.41, 5.74) is 0. The maximum Gasteiger partial charge on any atom is 0.139 e. The number of hydrogen-bond acceptors (Lipinski definition) is 1. The summed E-state index contributed by atoms with van der Waals surface area (Å²) in [6, 6.07) is 3.48. The Morgan fingerprint density at radius 3 is 3.00 bits per heavy atom. The van der Waals surface area contributed by atoms with Crippen LogP contribution in [0.4, 0.5) is 4.39 Å². The van der Waals surface area contributed by atoms with Crippen LogP contribution < -0.4 is 0 Å². The molecule has 0 aliphatic rings. The SMILES string of the molecule is Fc1cc2ccsc2c(I)c1Br. The number of thiophene rings is 1. The van der Waals surface area contributed by atoms with E-state index in [2.05, 4.69) is 38.5 Å². The molecule has 0 aliphatic heterocycles. The molecule has 0 nitrogen and oxygen atoms in total. The summed E-state index contributed by atoms with van der Waals surface area (Å²) < 4.78 is 15.8. The first-order valence-corrected chi connectivity index (χ1v) is 5.96. The Kier molecular flexibility index (Phi) is 2.39. The molecule has 0 spiro atoms. The quantitative estimate of drug-likeness (QED) is 0.484. The lowest BCUT2D eigenvalue weighted by Gasteiger charge is -1.98. The maximum atomic E-state index is 13.1. The molecule has 1 aromatic carbocycles. The molecule has 0 radical (unpaired) electrons. The highest BCUT2D eigenvalue weighted by Gasteiger charge is 2.09. The predicted molar refractivity (Wildman–Crippen MR) is 62.2 cm³/mol. The number of halogens is 3. The van der Waals surface area contributed by atoms with E-state index in [9.17, 15) is 4.39 Å². The van der Waals surface area contributed by atoms with Crippen molar-refractivity contribution >= 4 is 59.9 Å². The summed E-state index contributed by atoms with van der Waals surface area (Å²) in [5, 5.41) is 2.95. The third kappa shape index (κ3) is 1.29. The van der Waals surface area contributed by atoms with Crippen LogP contribution in [0.5, 0.6) is 0 Å². The summed E-state index contributed by atoms with van der Waals surface area (Å²) >= 11 is 6.99. The lowest BCUT2D eigenvalue weighted by molar-refractivity contribution is 0.622. The van der Waals surface area contributed by atoms with Crippen LogP contribution in [0, 0.1) is 9.39 Å². The van der Waals surface area contributed by atoms with Crippen LogP contribution in [0.3, 0.4) is 0 Å². The van der Waals surface area contributed by atoms with Crippen molar-refractivity contribution in [2.45, 2.75) is 0 Å². The maximum absolute atomic E-state index is 13.1. The van der Waals surface area contributed by atoms with Gasteiger partial charge in [-0.1, -0.05) is 0 Å². The van der Waals surface area contributed by atoms with Gasteiger partial charge in [0.1, 0.15) is 5.82 Å². The smallest absolute Gasteiger partial charge is 0.139 e. The summed E-state index contributed by atoms with van der Waals surface area (Å²) in [6.45, 7) is 0. The average molecular weight is 357 g/mol. The summed E-state index contributed by atoms with van der Waals surface area (Å²) in [7, 11) is 0. The summed E-state index contributed by atoms with van der Waals surface area (Å²) in [5.74, 6) is -0.190. The van der Waals surface area contributed by atoms with Gasteiger partial charge in [-0.2, -0.15) is 0 Å². The van der Waals surface area contributed by atoms with Crippen LogP contribution >= 0.6 is 49.9 Å². The fourth-order valence-electron chi connectivity index (χ4n) is 1.02. The highest BCUT2D eigenvalue weighted by Crippen LogP contribution is 2.33. The second-order valence-electron chi connectivity index (χ2n) is 2.33. The standard InChI is InChI=1S/C8H3BrFIS/c9-6-5(10)3-4-1-2-12-8(4)7(6)11/h1-3H. The van der Waals surface area contributed by atoms with E-state index >= 15 is 0 Å². The topological polar surface area (TPSA) is 0 Å². The lowest BCUT2D eigenvalue weighted by Crippen LogP contribution is -1.81. The Morgan fingerprint density at radius 1 is 1.50 bits per heavy atom. The van der Waals surface area contributed by atoms with Gasteiger partial charge in [-0.25, -0.2) is 4.39 Å². The molecule has 0 amide bonds. The van der Waals surface area contributed by atoms with Gasteiger partial charge in [0.2, 0.25) is 0 Å². The number of hydrogen-bond donors (Lipinski definition) is 0. The second kappa shape index (κ2) is 3.23. The van der Waals surface area contributed by atoms with Crippen molar-refractivity contribution in [3.63, 3.8) is 0 Å². The van der Waals surface area contributed by atoms with E-state index in [-0.39, 0.29) is 5.82 Å². The molecule has 0 unspecified atom stereocenters. The molecular weight excluding hydrogens is 354 g/mol. The number of rotatable bonds is 0. The molecule has 12 heavy (non-hydrogen) atoms. The lowest BCUT2D eigenvalue weighted by atomic mass is 10.3. The zero-order chi connectivity index (χ0) is 8.72. The fourth-order valence-corrected chi connectivity index (χ4v) is 3.23. The van der Waals surface area contributed by atoms with E-state index in [0.29, 0.717) is 4.47 Å². The molecule has 0 aliphatic carbocycles. The van der Waals surface area contributed by atoms with Gasteiger partial charge in [-0.3, -0.25) is 0 Å². The molecule has 1 heterocycles. The molecular formula is C8H3BrFIS. The summed E-state index contributed by atoms with van der Waals surface area (Å²) in [4.78, 5) is 0. The molecule has 0 atom stereocenters. The minimum Gasteiger partial charge on any atom is -0.206 e. The van der Waals surface area contributed by atoms with Gasteiger partial charge in [0, 0.05) is 8.27 Å². The number of fused-ring (bicyclic) bond motifs is 1. The minimum atomic E-state index is -0.190. The van der Waals surface area contributed by atoms with Crippen LogP contribution in [0.2, 0.25) is 0 Å². The van der Waals surface area contributed by atoms with Gasteiger partial charge >= 0.3 is 0 Å². The van der Waals surface area contributed by atoms with Gasteiger partial charge in [-0.05, 0) is 61.4 Å². The molecule has 0 N–H and O–H groups in total. The van der Waals surface area contributed by atoms with Crippen LogP contribution in [-0.4, -0.2) is 0 Å². The van der Waals surface area contributed by atoms with E-state index in [4.69, 9.17) is 0 Å². The first-order valence-electron chi connectivity index (χ1n) is 3.21. The van der Waals surface area contributed by atoms with Crippen molar-refractivity contribution in [2.24, 2.45) is 0 Å². The van der Waals surface area contributed by atoms with Crippen molar-refractivity contribution in [1.29, 1.82) is 0 Å². The van der Waals surface area contributed by atoms with Gasteiger partial charge < -0.3 is 0 Å². The van der Waals surface area contributed by atoms with Gasteiger partial charge in [0.05, 0.1) is 4.47 Å². The second-order valence-corrected chi connectivity index (χ2v) is 5.11. The van der Waals surface area contributed by atoms with Gasteiger partial charge in [0.15, 0.2) is 0 Å². The van der Waals surface area contributed by atoms with E-state index < -0.39 is 0 Å². The average Bonchev–Trinajstić information content (AvgIpc) is 2.48. The third-order valence-corrected chi connectivity index (χ3v) is 5.49. The molecule has 0 bridgehead atoms. The zero-order valence-electron chi connectivity index (χ0n) is 5.77. The minimum absolute atomic E-state index is 0.190. The molecule has 0 fully saturated rings. The third-order valence-electron chi connectivity index (χ3n) is 1.58. The van der Waals surface area contributed by atoms with Crippen molar-refractivity contribution in [3.05, 3.63) is 31.4 Å². The molecule has 4 heteroatoms. The number of benzene rings is 1. The van der Waals surface area contributed by atoms with Crippen molar-refractivity contribution < 1.29 is 4.39 Å². The summed E-state index contributed by atoms with van der Waals surface area (Å²) in [6.07, 6.45) is 0. The van der Waals surface area contributed by atoms with Crippen LogP contribution in [0.15, 0.2) is 22.0 Å².